The van der Waals surface area contributed by atoms with Crippen molar-refractivity contribution in [1.82, 2.24) is 15.1 Å². The Labute approximate surface area is 119 Å². The zero-order chi connectivity index (χ0) is 15.1. The molecule has 1 atom stereocenters. The number of amides is 2. The highest BCUT2D eigenvalue weighted by atomic mass is 16.5. The summed E-state index contributed by atoms with van der Waals surface area (Å²) < 4.78 is 5.26. The first-order chi connectivity index (χ1) is 9.41. The summed E-state index contributed by atoms with van der Waals surface area (Å²) in [5.74, 6) is -1.15. The normalized spacial score (nSPS) is 17.8. The lowest BCUT2D eigenvalue weighted by atomic mass is 10.1. The molecule has 7 nitrogen and oxygen atoms in total. The van der Waals surface area contributed by atoms with E-state index in [9.17, 15) is 9.59 Å². The van der Waals surface area contributed by atoms with Gasteiger partial charge >= 0.3 is 12.0 Å². The van der Waals surface area contributed by atoms with Crippen LogP contribution in [0.25, 0.3) is 0 Å². The number of hydrogen-bond acceptors (Lipinski definition) is 4. The molecule has 20 heavy (non-hydrogen) atoms. The Morgan fingerprint density at radius 3 is 2.45 bits per heavy atom. The standard InChI is InChI=1S/C13H25N3O4/c1-10(2)11(12(17)18)14-13(19)15(3)4-5-16-6-8-20-9-7-16/h10-11H,4-9H2,1-3H3,(H,14,19)(H,17,18)/t11-/m0/s1. The Kier molecular flexibility index (Phi) is 6.74. The fourth-order valence-corrected chi connectivity index (χ4v) is 1.97. The number of carboxylic acids is 1. The number of hydrogen-bond donors (Lipinski definition) is 2. The van der Waals surface area contributed by atoms with E-state index in [1.807, 2.05) is 0 Å². The number of ether oxygens (including phenoxy) is 1. The molecule has 2 N–H and O–H groups in total. The van der Waals surface area contributed by atoms with Crippen LogP contribution in [0.4, 0.5) is 4.79 Å². The predicted octanol–water partition coefficient (Wildman–Crippen LogP) is 0.0692. The summed E-state index contributed by atoms with van der Waals surface area (Å²) in [4.78, 5) is 26.7. The van der Waals surface area contributed by atoms with E-state index in [-0.39, 0.29) is 11.9 Å². The van der Waals surface area contributed by atoms with Crippen LogP contribution in [-0.4, -0.2) is 79.4 Å². The third-order valence-corrected chi connectivity index (χ3v) is 3.41. The van der Waals surface area contributed by atoms with Crippen molar-refractivity contribution in [3.05, 3.63) is 0 Å². The number of likely N-dealkylation sites (N-methyl/N-ethyl adjacent to an activating group) is 1. The molecule has 0 bridgehead atoms. The minimum Gasteiger partial charge on any atom is -0.480 e. The molecule has 2 amide bonds. The molecule has 1 aliphatic heterocycles. The third kappa shape index (κ3) is 5.34. The van der Waals surface area contributed by atoms with Crippen LogP contribution in [0.15, 0.2) is 0 Å². The smallest absolute Gasteiger partial charge is 0.326 e. The molecule has 0 aromatic rings. The number of aliphatic carboxylic acids is 1. The van der Waals surface area contributed by atoms with Crippen molar-refractivity contribution < 1.29 is 19.4 Å². The van der Waals surface area contributed by atoms with Crippen molar-refractivity contribution in [2.24, 2.45) is 5.92 Å². The molecule has 0 saturated carbocycles. The minimum absolute atomic E-state index is 0.149. The van der Waals surface area contributed by atoms with Gasteiger partial charge in [0.25, 0.3) is 0 Å². The molecule has 7 heteroatoms. The maximum Gasteiger partial charge on any atom is 0.326 e. The van der Waals surface area contributed by atoms with Gasteiger partial charge in [-0.05, 0) is 5.92 Å². The summed E-state index contributed by atoms with van der Waals surface area (Å²) in [6.45, 7) is 8.08. The molecule has 0 spiro atoms. The lowest BCUT2D eigenvalue weighted by Crippen LogP contribution is -2.50. The summed E-state index contributed by atoms with van der Waals surface area (Å²) >= 11 is 0. The van der Waals surface area contributed by atoms with Gasteiger partial charge in [0.2, 0.25) is 0 Å². The summed E-state index contributed by atoms with van der Waals surface area (Å²) in [5.41, 5.74) is 0. The summed E-state index contributed by atoms with van der Waals surface area (Å²) in [6.07, 6.45) is 0. The fraction of sp³-hybridized carbons (Fsp3) is 0.846. The van der Waals surface area contributed by atoms with Gasteiger partial charge in [-0.15, -0.1) is 0 Å². The van der Waals surface area contributed by atoms with Crippen molar-refractivity contribution >= 4 is 12.0 Å². The second kappa shape index (κ2) is 8.06. The largest absolute Gasteiger partial charge is 0.480 e. The molecule has 0 aliphatic carbocycles. The molecular weight excluding hydrogens is 262 g/mol. The number of carbonyl (C=O) groups excluding carboxylic acids is 1. The average Bonchev–Trinajstić information content (AvgIpc) is 2.42. The van der Waals surface area contributed by atoms with E-state index >= 15 is 0 Å². The van der Waals surface area contributed by atoms with Gasteiger partial charge in [-0.2, -0.15) is 0 Å². The Morgan fingerprint density at radius 1 is 1.35 bits per heavy atom. The predicted molar refractivity (Wildman–Crippen MR) is 74.7 cm³/mol. The number of carbonyl (C=O) groups is 2. The Hall–Kier alpha value is -1.34. The molecule has 116 valence electrons. The van der Waals surface area contributed by atoms with E-state index in [1.165, 1.54) is 4.90 Å². The van der Waals surface area contributed by atoms with Crippen LogP contribution in [0.3, 0.4) is 0 Å². The second-order valence-corrected chi connectivity index (χ2v) is 5.38. The van der Waals surface area contributed by atoms with Gasteiger partial charge in [0, 0.05) is 33.2 Å². The highest BCUT2D eigenvalue weighted by Crippen LogP contribution is 2.03. The van der Waals surface area contributed by atoms with E-state index in [4.69, 9.17) is 9.84 Å². The number of nitrogens with zero attached hydrogens (tertiary/aromatic N) is 2. The topological polar surface area (TPSA) is 82.1 Å². The molecule has 0 aromatic heterocycles. The highest BCUT2D eigenvalue weighted by Gasteiger charge is 2.24. The van der Waals surface area contributed by atoms with E-state index in [1.54, 1.807) is 20.9 Å². The van der Waals surface area contributed by atoms with Crippen LogP contribution in [0.5, 0.6) is 0 Å². The lowest BCUT2D eigenvalue weighted by molar-refractivity contribution is -0.140. The summed E-state index contributed by atoms with van der Waals surface area (Å²) in [7, 11) is 1.68. The van der Waals surface area contributed by atoms with Crippen molar-refractivity contribution in [3.8, 4) is 0 Å². The number of carboxylic acid groups (broad SMARTS) is 1. The molecule has 0 radical (unpaired) electrons. The lowest BCUT2D eigenvalue weighted by Gasteiger charge is -2.29. The van der Waals surface area contributed by atoms with Gasteiger partial charge in [-0.25, -0.2) is 9.59 Å². The van der Waals surface area contributed by atoms with E-state index in [0.717, 1.165) is 32.8 Å². The first kappa shape index (κ1) is 16.7. The molecule has 1 aliphatic rings. The number of urea groups is 1. The molecule has 1 fully saturated rings. The molecule has 1 heterocycles. The Morgan fingerprint density at radius 2 is 1.95 bits per heavy atom. The van der Waals surface area contributed by atoms with Crippen molar-refractivity contribution in [3.63, 3.8) is 0 Å². The van der Waals surface area contributed by atoms with Crippen LogP contribution in [0, 0.1) is 5.92 Å². The van der Waals surface area contributed by atoms with E-state index in [0.29, 0.717) is 6.54 Å². The summed E-state index contributed by atoms with van der Waals surface area (Å²) in [6, 6.07) is -1.20. The quantitative estimate of drug-likeness (QED) is 0.722. The van der Waals surface area contributed by atoms with Crippen molar-refractivity contribution in [2.75, 3.05) is 46.4 Å². The zero-order valence-corrected chi connectivity index (χ0v) is 12.5. The second-order valence-electron chi connectivity index (χ2n) is 5.38. The zero-order valence-electron chi connectivity index (χ0n) is 12.5. The van der Waals surface area contributed by atoms with Crippen molar-refractivity contribution in [2.45, 2.75) is 19.9 Å². The molecule has 1 saturated heterocycles. The van der Waals surface area contributed by atoms with E-state index < -0.39 is 12.0 Å². The number of nitrogens with one attached hydrogen (secondary N) is 1. The van der Waals surface area contributed by atoms with Crippen LogP contribution in [-0.2, 0) is 9.53 Å². The molecule has 0 aromatic carbocycles. The molecule has 0 unspecified atom stereocenters. The van der Waals surface area contributed by atoms with Gasteiger partial charge in [0.05, 0.1) is 13.2 Å². The van der Waals surface area contributed by atoms with E-state index in [2.05, 4.69) is 10.2 Å². The van der Waals surface area contributed by atoms with Gasteiger partial charge in [-0.3, -0.25) is 4.90 Å². The first-order valence-electron chi connectivity index (χ1n) is 6.96. The van der Waals surface area contributed by atoms with Gasteiger partial charge < -0.3 is 20.1 Å². The van der Waals surface area contributed by atoms with Crippen LogP contribution in [0.2, 0.25) is 0 Å². The fourth-order valence-electron chi connectivity index (χ4n) is 1.97. The van der Waals surface area contributed by atoms with Crippen molar-refractivity contribution in [1.29, 1.82) is 0 Å². The SMILES string of the molecule is CC(C)[C@H](NC(=O)N(C)CCN1CCOCC1)C(=O)O. The number of morpholine rings is 1. The average molecular weight is 287 g/mol. The van der Waals surface area contributed by atoms with Crippen LogP contribution < -0.4 is 5.32 Å². The minimum atomic E-state index is -1.00. The maximum absolute atomic E-state index is 11.9. The van der Waals surface area contributed by atoms with Gasteiger partial charge in [-0.1, -0.05) is 13.8 Å². The molecule has 1 rings (SSSR count). The van der Waals surface area contributed by atoms with Gasteiger partial charge in [0.15, 0.2) is 0 Å². The highest BCUT2D eigenvalue weighted by molar-refractivity contribution is 5.82. The maximum atomic E-state index is 11.9. The van der Waals surface area contributed by atoms with Crippen LogP contribution in [0.1, 0.15) is 13.8 Å². The Bertz CT molecular complexity index is 330. The summed E-state index contributed by atoms with van der Waals surface area (Å²) in [5, 5.41) is 11.6. The monoisotopic (exact) mass is 287 g/mol. The van der Waals surface area contributed by atoms with Crippen LogP contribution >= 0.6 is 0 Å². The first-order valence-corrected chi connectivity index (χ1v) is 6.96. The van der Waals surface area contributed by atoms with Gasteiger partial charge in [0.1, 0.15) is 6.04 Å². The third-order valence-electron chi connectivity index (χ3n) is 3.41. The number of rotatable bonds is 6. The Balaban J connectivity index is 2.35. The molecular formula is C13H25N3O4.